The Morgan fingerprint density at radius 1 is 1.26 bits per heavy atom. The van der Waals surface area contributed by atoms with Crippen LogP contribution in [0.5, 0.6) is 0 Å². The highest BCUT2D eigenvalue weighted by atomic mass is 32.2. The highest BCUT2D eigenvalue weighted by Gasteiger charge is 2.39. The van der Waals surface area contributed by atoms with E-state index in [4.69, 9.17) is 0 Å². The van der Waals surface area contributed by atoms with Crippen LogP contribution in [0.25, 0.3) is 0 Å². The van der Waals surface area contributed by atoms with E-state index in [1.54, 1.807) is 0 Å². The van der Waals surface area contributed by atoms with Gasteiger partial charge in [-0.25, -0.2) is 4.98 Å². The maximum atomic E-state index is 11.4. The minimum absolute atomic E-state index is 0.218. The van der Waals surface area contributed by atoms with Gasteiger partial charge in [-0.3, -0.25) is 0 Å². The molecule has 1 saturated carbocycles. The molecule has 1 N–H and O–H groups in total. The second kappa shape index (κ2) is 9.14. The first-order valence-electron chi connectivity index (χ1n) is 9.41. The van der Waals surface area contributed by atoms with Crippen LogP contribution in [-0.4, -0.2) is 26.7 Å². The monoisotopic (exact) mass is 398 g/mol. The van der Waals surface area contributed by atoms with Gasteiger partial charge in [-0.05, 0) is 43.9 Å². The van der Waals surface area contributed by atoms with Gasteiger partial charge in [-0.2, -0.15) is 17.0 Å². The fraction of sp³-hybridized carbons (Fsp3) is 0.455. The molecule has 1 aromatic heterocycles. The number of hydrogen-bond acceptors (Lipinski definition) is 5. The predicted octanol–water partition coefficient (Wildman–Crippen LogP) is 5.27. The molecule has 0 spiro atoms. The molecular formula is C22H26N2OS2. The van der Waals surface area contributed by atoms with Gasteiger partial charge >= 0.3 is 0 Å². The van der Waals surface area contributed by atoms with Gasteiger partial charge in [-0.15, -0.1) is 11.8 Å². The molecular weight excluding hydrogens is 372 g/mol. The van der Waals surface area contributed by atoms with E-state index in [9.17, 15) is 10.4 Å². The quantitative estimate of drug-likeness (QED) is 0.672. The van der Waals surface area contributed by atoms with Crippen molar-refractivity contribution < 1.29 is 5.11 Å². The van der Waals surface area contributed by atoms with E-state index >= 15 is 0 Å². The Morgan fingerprint density at radius 3 is 2.78 bits per heavy atom. The lowest BCUT2D eigenvalue weighted by molar-refractivity contribution is 0.0339. The molecule has 0 aliphatic heterocycles. The van der Waals surface area contributed by atoms with Crippen LogP contribution < -0.4 is 0 Å². The molecule has 1 fully saturated rings. The summed E-state index contributed by atoms with van der Waals surface area (Å²) < 4.78 is 0. The van der Waals surface area contributed by atoms with E-state index in [2.05, 4.69) is 35.3 Å². The summed E-state index contributed by atoms with van der Waals surface area (Å²) in [6, 6.07) is 14.7. The summed E-state index contributed by atoms with van der Waals surface area (Å²) >= 11 is 3.39. The molecule has 3 nitrogen and oxygen atoms in total. The van der Waals surface area contributed by atoms with Crippen LogP contribution in [0.1, 0.15) is 48.1 Å². The van der Waals surface area contributed by atoms with Gasteiger partial charge in [0.1, 0.15) is 11.1 Å². The second-order valence-electron chi connectivity index (χ2n) is 7.30. The molecule has 0 radical (unpaired) electrons. The molecule has 2 aromatic rings. The molecule has 0 amide bonds. The van der Waals surface area contributed by atoms with Crippen molar-refractivity contribution in [1.82, 2.24) is 4.98 Å². The van der Waals surface area contributed by atoms with Gasteiger partial charge in [0.05, 0.1) is 11.2 Å². The first-order valence-corrected chi connectivity index (χ1v) is 11.4. The summed E-state index contributed by atoms with van der Waals surface area (Å²) in [4.78, 5) is 4.56. The number of rotatable bonds is 6. The lowest BCUT2D eigenvalue weighted by Gasteiger charge is -2.39. The number of benzene rings is 1. The second-order valence-corrected chi connectivity index (χ2v) is 9.45. The van der Waals surface area contributed by atoms with Crippen LogP contribution in [0, 0.1) is 25.2 Å². The Kier molecular flexibility index (Phi) is 6.86. The zero-order valence-electron chi connectivity index (χ0n) is 15.9. The maximum Gasteiger partial charge on any atom is 0.114 e. The Morgan fingerprint density at radius 2 is 2.04 bits per heavy atom. The lowest BCUT2D eigenvalue weighted by Crippen LogP contribution is -2.45. The highest BCUT2D eigenvalue weighted by molar-refractivity contribution is 8.00. The zero-order chi connectivity index (χ0) is 19.3. The van der Waals surface area contributed by atoms with Gasteiger partial charge in [0.25, 0.3) is 0 Å². The number of nitriles is 1. The van der Waals surface area contributed by atoms with Crippen LogP contribution in [0.15, 0.2) is 41.4 Å². The molecule has 2 atom stereocenters. The fourth-order valence-electron chi connectivity index (χ4n) is 3.60. The molecule has 0 unspecified atom stereocenters. The fourth-order valence-corrected chi connectivity index (χ4v) is 6.43. The van der Waals surface area contributed by atoms with Crippen LogP contribution in [0.2, 0.25) is 0 Å². The molecule has 3 rings (SSSR count). The van der Waals surface area contributed by atoms with Crippen LogP contribution in [-0.2, 0) is 5.75 Å². The molecule has 142 valence electrons. The van der Waals surface area contributed by atoms with Gasteiger partial charge in [0.15, 0.2) is 0 Å². The van der Waals surface area contributed by atoms with E-state index in [-0.39, 0.29) is 5.25 Å². The Bertz CT molecular complexity index is 819. The summed E-state index contributed by atoms with van der Waals surface area (Å²) in [6.45, 7) is 3.90. The molecule has 0 saturated heterocycles. The van der Waals surface area contributed by atoms with Gasteiger partial charge in [-0.1, -0.05) is 43.2 Å². The third kappa shape index (κ3) is 5.07. The Balaban J connectivity index is 1.70. The van der Waals surface area contributed by atoms with Gasteiger partial charge in [0.2, 0.25) is 0 Å². The average molecular weight is 399 g/mol. The largest absolute Gasteiger partial charge is 0.388 e. The van der Waals surface area contributed by atoms with Crippen LogP contribution in [0.4, 0.5) is 0 Å². The number of hydrogen-bond donors (Lipinski definition) is 1. The van der Waals surface area contributed by atoms with E-state index in [0.29, 0.717) is 11.3 Å². The smallest absolute Gasteiger partial charge is 0.114 e. The molecule has 1 aliphatic rings. The van der Waals surface area contributed by atoms with Crippen LogP contribution >= 0.6 is 23.5 Å². The molecule has 5 heteroatoms. The third-order valence-electron chi connectivity index (χ3n) is 5.10. The molecule has 27 heavy (non-hydrogen) atoms. The number of pyridine rings is 1. The van der Waals surface area contributed by atoms with Crippen molar-refractivity contribution in [3.8, 4) is 6.07 Å². The van der Waals surface area contributed by atoms with E-state index in [1.807, 2.05) is 37.7 Å². The van der Waals surface area contributed by atoms with Crippen molar-refractivity contribution in [3.05, 3.63) is 58.8 Å². The minimum atomic E-state index is -0.714. The highest BCUT2D eigenvalue weighted by Crippen LogP contribution is 2.41. The van der Waals surface area contributed by atoms with Crippen molar-refractivity contribution in [2.75, 3.05) is 5.75 Å². The molecule has 1 heterocycles. The number of aryl methyl sites for hydroxylation is 2. The first-order chi connectivity index (χ1) is 13.0. The Labute approximate surface area is 170 Å². The summed E-state index contributed by atoms with van der Waals surface area (Å²) in [5.74, 6) is 1.51. The molecule has 0 bridgehead atoms. The number of thioether (sulfide) groups is 2. The van der Waals surface area contributed by atoms with Crippen molar-refractivity contribution in [3.63, 3.8) is 0 Å². The normalized spacial score (nSPS) is 22.4. The summed E-state index contributed by atoms with van der Waals surface area (Å²) in [5.41, 5.74) is 3.09. The SMILES string of the molecule is Cc1cc(C)c(C#N)c(SC[C@@]2(O)CCCC[C@@H]2SCc2ccccc2)n1. The summed E-state index contributed by atoms with van der Waals surface area (Å²) in [6.07, 6.45) is 4.09. The van der Waals surface area contributed by atoms with Gasteiger partial charge < -0.3 is 5.11 Å². The van der Waals surface area contributed by atoms with Crippen molar-refractivity contribution in [2.24, 2.45) is 0 Å². The zero-order valence-corrected chi connectivity index (χ0v) is 17.6. The average Bonchev–Trinajstić information content (AvgIpc) is 2.66. The standard InChI is InChI=1S/C22H26N2OS2/c1-16-12-17(2)24-21(19(16)13-23)27-15-22(25)11-7-6-10-20(22)26-14-18-8-4-3-5-9-18/h3-5,8-9,12,20,25H,6-7,10-11,14-15H2,1-2H3/t20-,22-/m0/s1. The molecule has 1 aliphatic carbocycles. The number of aliphatic hydroxyl groups is 1. The van der Waals surface area contributed by atoms with E-state index < -0.39 is 5.60 Å². The predicted molar refractivity (Wildman–Crippen MR) is 114 cm³/mol. The summed E-state index contributed by atoms with van der Waals surface area (Å²) in [7, 11) is 0. The van der Waals surface area contributed by atoms with Crippen molar-refractivity contribution >= 4 is 23.5 Å². The minimum Gasteiger partial charge on any atom is -0.388 e. The number of nitrogens with zero attached hydrogens (tertiary/aromatic N) is 2. The first kappa shape index (κ1) is 20.3. The molecule has 1 aromatic carbocycles. The van der Waals surface area contributed by atoms with Crippen LogP contribution in [0.3, 0.4) is 0 Å². The van der Waals surface area contributed by atoms with E-state index in [1.165, 1.54) is 23.7 Å². The summed E-state index contributed by atoms with van der Waals surface area (Å²) in [5, 5.41) is 21.9. The maximum absolute atomic E-state index is 11.4. The Hall–Kier alpha value is -1.48. The third-order valence-corrected chi connectivity index (χ3v) is 7.89. The number of aromatic nitrogens is 1. The van der Waals surface area contributed by atoms with Crippen molar-refractivity contribution in [1.29, 1.82) is 5.26 Å². The van der Waals surface area contributed by atoms with Crippen molar-refractivity contribution in [2.45, 2.75) is 61.2 Å². The van der Waals surface area contributed by atoms with E-state index in [0.717, 1.165) is 41.3 Å². The van der Waals surface area contributed by atoms with Gasteiger partial charge in [0, 0.05) is 22.4 Å². The topological polar surface area (TPSA) is 56.9 Å². The lowest BCUT2D eigenvalue weighted by atomic mass is 9.86.